The largest absolute Gasteiger partial charge is 0.354 e. The Hall–Kier alpha value is -3.12. The summed E-state index contributed by atoms with van der Waals surface area (Å²) in [6, 6.07) is 19.1. The van der Waals surface area contributed by atoms with Gasteiger partial charge in [-0.25, -0.2) is 9.78 Å². The van der Waals surface area contributed by atoms with Crippen LogP contribution in [0, 0.1) is 0 Å². The predicted octanol–water partition coefficient (Wildman–Crippen LogP) is 4.69. The van der Waals surface area contributed by atoms with Crippen molar-refractivity contribution in [2.24, 2.45) is 0 Å². The fourth-order valence-electron chi connectivity index (χ4n) is 5.23. The van der Waals surface area contributed by atoms with Gasteiger partial charge in [0.2, 0.25) is 0 Å². The lowest BCUT2D eigenvalue weighted by Gasteiger charge is -2.43. The molecule has 6 nitrogen and oxygen atoms in total. The number of fused-ring (bicyclic) bond motifs is 2. The fourth-order valence-corrected chi connectivity index (χ4v) is 5.23. The van der Waals surface area contributed by atoms with Crippen LogP contribution >= 0.6 is 0 Å². The number of para-hydroxylation sites is 1. The van der Waals surface area contributed by atoms with Gasteiger partial charge in [-0.3, -0.25) is 9.80 Å². The highest BCUT2D eigenvalue weighted by Crippen LogP contribution is 2.32. The van der Waals surface area contributed by atoms with E-state index in [-0.39, 0.29) is 17.6 Å². The number of rotatable bonds is 3. The Morgan fingerprint density at radius 2 is 1.74 bits per heavy atom. The molecule has 1 aromatic heterocycles. The smallest absolute Gasteiger partial charge is 0.322 e. The lowest BCUT2D eigenvalue weighted by molar-refractivity contribution is 0.216. The zero-order chi connectivity index (χ0) is 23.7. The molecule has 1 atom stereocenters. The number of urea groups is 1. The highest BCUT2D eigenvalue weighted by molar-refractivity contribution is 5.94. The van der Waals surface area contributed by atoms with E-state index in [1.807, 2.05) is 37.9 Å². The molecule has 1 unspecified atom stereocenters. The Morgan fingerprint density at radius 3 is 2.53 bits per heavy atom. The minimum absolute atomic E-state index is 0.00300. The summed E-state index contributed by atoms with van der Waals surface area (Å²) in [5, 5.41) is 5.64. The Labute approximate surface area is 202 Å². The van der Waals surface area contributed by atoms with E-state index in [0.717, 1.165) is 57.1 Å². The number of amides is 2. The van der Waals surface area contributed by atoms with Crippen molar-refractivity contribution in [2.75, 3.05) is 42.5 Å². The van der Waals surface area contributed by atoms with Gasteiger partial charge in [-0.15, -0.1) is 0 Å². The van der Waals surface area contributed by atoms with Crippen molar-refractivity contribution in [1.29, 1.82) is 0 Å². The first-order valence-corrected chi connectivity index (χ1v) is 12.4. The number of carbonyl (C=O) groups excluding carboxylic acids is 1. The Kier molecular flexibility index (Phi) is 6.17. The normalized spacial score (nSPS) is 19.2. The van der Waals surface area contributed by atoms with Crippen LogP contribution in [0.5, 0.6) is 0 Å². The number of nitrogens with one attached hydrogen (secondary N) is 1. The van der Waals surface area contributed by atoms with Gasteiger partial charge in [-0.2, -0.15) is 0 Å². The summed E-state index contributed by atoms with van der Waals surface area (Å²) in [5.41, 5.74) is 2.04. The third kappa shape index (κ3) is 4.73. The molecule has 3 heterocycles. The van der Waals surface area contributed by atoms with Gasteiger partial charge in [0.25, 0.3) is 0 Å². The molecule has 178 valence electrons. The Morgan fingerprint density at radius 1 is 1.00 bits per heavy atom. The summed E-state index contributed by atoms with van der Waals surface area (Å²) in [6.07, 6.45) is 3.91. The molecule has 2 aliphatic rings. The summed E-state index contributed by atoms with van der Waals surface area (Å²) < 4.78 is 0. The van der Waals surface area contributed by atoms with Gasteiger partial charge in [0, 0.05) is 55.5 Å². The first-order chi connectivity index (χ1) is 16.4. The van der Waals surface area contributed by atoms with Crippen LogP contribution in [0.4, 0.5) is 16.3 Å². The predicted molar refractivity (Wildman–Crippen MR) is 140 cm³/mol. The zero-order valence-corrected chi connectivity index (χ0v) is 20.5. The first kappa shape index (κ1) is 22.7. The van der Waals surface area contributed by atoms with E-state index in [2.05, 4.69) is 63.6 Å². The van der Waals surface area contributed by atoms with Crippen molar-refractivity contribution in [1.82, 2.24) is 15.2 Å². The molecule has 0 spiro atoms. The average molecular weight is 458 g/mol. The van der Waals surface area contributed by atoms with Crippen LogP contribution in [0.1, 0.15) is 32.8 Å². The standard InChI is InChI=1S/C28H35N5O/c1-28(2,3)30-27(34)33-23(13-12-22-9-5-7-11-25(22)33)20-31-16-18-32(19-17-31)26-24-10-6-4-8-21(24)14-15-29-26/h4-11,14-15,23H,12-13,16-20H2,1-3H3,(H,30,34). The molecule has 5 rings (SSSR count). The van der Waals surface area contributed by atoms with Crippen molar-refractivity contribution >= 4 is 28.3 Å². The minimum atomic E-state index is -0.273. The van der Waals surface area contributed by atoms with Crippen molar-refractivity contribution in [3.63, 3.8) is 0 Å². The molecule has 34 heavy (non-hydrogen) atoms. The van der Waals surface area contributed by atoms with Gasteiger partial charge in [0.1, 0.15) is 5.82 Å². The third-order valence-electron chi connectivity index (χ3n) is 6.86. The second-order valence-electron chi connectivity index (χ2n) is 10.5. The number of piperazine rings is 1. The van der Waals surface area contributed by atoms with Crippen molar-refractivity contribution in [3.8, 4) is 0 Å². The van der Waals surface area contributed by atoms with Crippen LogP contribution in [0.15, 0.2) is 60.8 Å². The quantitative estimate of drug-likeness (QED) is 0.620. The van der Waals surface area contributed by atoms with E-state index in [0.29, 0.717) is 0 Å². The monoisotopic (exact) mass is 457 g/mol. The number of benzene rings is 2. The van der Waals surface area contributed by atoms with Crippen molar-refractivity contribution < 1.29 is 4.79 Å². The minimum Gasteiger partial charge on any atom is -0.354 e. The SMILES string of the molecule is CC(C)(C)NC(=O)N1c2ccccc2CCC1CN1CCN(c2nccc3ccccc23)CC1. The Bertz CT molecular complexity index is 1160. The number of hydrogen-bond donors (Lipinski definition) is 1. The molecule has 0 saturated carbocycles. The molecule has 0 bridgehead atoms. The van der Waals surface area contributed by atoms with Gasteiger partial charge in [-0.05, 0) is 56.7 Å². The lowest BCUT2D eigenvalue weighted by Crippen LogP contribution is -2.58. The molecule has 2 aliphatic heterocycles. The molecule has 1 saturated heterocycles. The van der Waals surface area contributed by atoms with E-state index in [1.54, 1.807) is 0 Å². The molecule has 2 amide bonds. The molecule has 3 aromatic rings. The van der Waals surface area contributed by atoms with Crippen LogP contribution in [0.2, 0.25) is 0 Å². The number of anilines is 2. The van der Waals surface area contributed by atoms with E-state index >= 15 is 0 Å². The summed E-state index contributed by atoms with van der Waals surface area (Å²) in [5.74, 6) is 1.08. The average Bonchev–Trinajstić information content (AvgIpc) is 2.83. The Balaban J connectivity index is 1.29. The van der Waals surface area contributed by atoms with E-state index < -0.39 is 0 Å². The number of hydrogen-bond acceptors (Lipinski definition) is 4. The molecule has 6 heteroatoms. The molecule has 2 aromatic carbocycles. The number of aryl methyl sites for hydroxylation is 1. The number of aromatic nitrogens is 1. The molecular formula is C28H35N5O. The highest BCUT2D eigenvalue weighted by Gasteiger charge is 2.34. The maximum atomic E-state index is 13.4. The highest BCUT2D eigenvalue weighted by atomic mass is 16.2. The van der Waals surface area contributed by atoms with Gasteiger partial charge in [0.15, 0.2) is 0 Å². The van der Waals surface area contributed by atoms with Gasteiger partial charge < -0.3 is 10.2 Å². The van der Waals surface area contributed by atoms with E-state index in [9.17, 15) is 4.79 Å². The first-order valence-electron chi connectivity index (χ1n) is 12.4. The maximum absolute atomic E-state index is 13.4. The van der Waals surface area contributed by atoms with E-state index in [4.69, 9.17) is 4.98 Å². The number of pyridine rings is 1. The fraction of sp³-hybridized carbons (Fsp3) is 0.429. The molecule has 1 fully saturated rings. The summed E-state index contributed by atoms with van der Waals surface area (Å²) in [4.78, 5) is 25.0. The van der Waals surface area contributed by atoms with Crippen LogP contribution in [-0.4, -0.2) is 60.2 Å². The number of nitrogens with zero attached hydrogens (tertiary/aromatic N) is 4. The maximum Gasteiger partial charge on any atom is 0.322 e. The summed E-state index contributed by atoms with van der Waals surface area (Å²) in [6.45, 7) is 10.8. The van der Waals surface area contributed by atoms with Crippen LogP contribution in [0.25, 0.3) is 10.8 Å². The number of carbonyl (C=O) groups is 1. The molecule has 0 aliphatic carbocycles. The molecule has 1 N–H and O–H groups in total. The van der Waals surface area contributed by atoms with Crippen molar-refractivity contribution in [3.05, 3.63) is 66.4 Å². The van der Waals surface area contributed by atoms with Gasteiger partial charge in [-0.1, -0.05) is 42.5 Å². The van der Waals surface area contributed by atoms with Gasteiger partial charge >= 0.3 is 6.03 Å². The zero-order valence-electron chi connectivity index (χ0n) is 20.5. The second kappa shape index (κ2) is 9.26. The second-order valence-corrected chi connectivity index (χ2v) is 10.5. The van der Waals surface area contributed by atoms with Crippen LogP contribution in [0.3, 0.4) is 0 Å². The van der Waals surface area contributed by atoms with E-state index in [1.165, 1.54) is 16.3 Å². The molecular weight excluding hydrogens is 422 g/mol. The third-order valence-corrected chi connectivity index (χ3v) is 6.86. The topological polar surface area (TPSA) is 51.7 Å². The summed E-state index contributed by atoms with van der Waals surface area (Å²) in [7, 11) is 0. The van der Waals surface area contributed by atoms with Crippen molar-refractivity contribution in [2.45, 2.75) is 45.2 Å². The lowest BCUT2D eigenvalue weighted by atomic mass is 9.95. The van der Waals surface area contributed by atoms with Crippen LogP contribution < -0.4 is 15.1 Å². The molecule has 0 radical (unpaired) electrons. The van der Waals surface area contributed by atoms with Crippen LogP contribution in [-0.2, 0) is 6.42 Å². The van der Waals surface area contributed by atoms with Gasteiger partial charge in [0.05, 0.1) is 6.04 Å². The summed E-state index contributed by atoms with van der Waals surface area (Å²) >= 11 is 0.